The lowest BCUT2D eigenvalue weighted by atomic mass is 10.1. The van der Waals surface area contributed by atoms with Gasteiger partial charge in [-0.1, -0.05) is 54.6 Å². The summed E-state index contributed by atoms with van der Waals surface area (Å²) < 4.78 is 80.0. The minimum absolute atomic E-state index is 0.0396. The number of amides is 1. The molecule has 0 radical (unpaired) electrons. The number of anilines is 1. The highest BCUT2D eigenvalue weighted by Crippen LogP contribution is 2.28. The van der Waals surface area contributed by atoms with Crippen molar-refractivity contribution in [2.75, 3.05) is 38.5 Å². The zero-order valence-corrected chi connectivity index (χ0v) is 30.5. The van der Waals surface area contributed by atoms with Gasteiger partial charge in [0.05, 0.1) is 22.3 Å². The highest BCUT2D eigenvalue weighted by Gasteiger charge is 2.28. The summed E-state index contributed by atoms with van der Waals surface area (Å²) in [6.45, 7) is 1.86. The Morgan fingerprint density at radius 2 is 1.49 bits per heavy atom. The number of nitrogens with two attached hydrogens (primary N) is 1. The molecule has 1 amide bonds. The van der Waals surface area contributed by atoms with Gasteiger partial charge in [0.1, 0.15) is 17.2 Å². The number of piperazine rings is 1. The van der Waals surface area contributed by atoms with Crippen LogP contribution < -0.4 is 15.2 Å². The zero-order valence-electron chi connectivity index (χ0n) is 29.7. The molecule has 4 aromatic carbocycles. The van der Waals surface area contributed by atoms with E-state index in [0.717, 1.165) is 27.6 Å². The first kappa shape index (κ1) is 38.8. The highest BCUT2D eigenvalue weighted by molar-refractivity contribution is 7.85. The van der Waals surface area contributed by atoms with E-state index < -0.39 is 22.9 Å². The molecule has 0 spiro atoms. The van der Waals surface area contributed by atoms with Gasteiger partial charge >= 0.3 is 6.18 Å². The first-order chi connectivity index (χ1) is 26.2. The van der Waals surface area contributed by atoms with Crippen LogP contribution in [0.25, 0.3) is 22.0 Å². The zero-order chi connectivity index (χ0) is 39.2. The van der Waals surface area contributed by atoms with Crippen molar-refractivity contribution in [3.05, 3.63) is 133 Å². The molecule has 6 aromatic rings. The number of hydrogen-bond donors (Lipinski definition) is 2. The Hall–Kier alpha value is -5.90. The Morgan fingerprint density at radius 1 is 0.836 bits per heavy atom. The number of fused-ring (bicyclic) bond motifs is 1. The van der Waals surface area contributed by atoms with Crippen LogP contribution in [0.3, 0.4) is 0 Å². The molecular weight excluding hydrogens is 736 g/mol. The third-order valence-electron chi connectivity index (χ3n) is 8.87. The largest absolute Gasteiger partial charge is 0.484 e. The summed E-state index contributed by atoms with van der Waals surface area (Å²) in [5, 5.41) is 0.930. The monoisotopic (exact) mass is 773 g/mol. The van der Waals surface area contributed by atoms with Crippen molar-refractivity contribution < 1.29 is 40.4 Å². The van der Waals surface area contributed by atoms with Gasteiger partial charge in [0, 0.05) is 57.3 Å². The maximum absolute atomic E-state index is 13.4. The van der Waals surface area contributed by atoms with Crippen molar-refractivity contribution in [3.8, 4) is 28.5 Å². The number of aryl methyl sites for hydroxylation is 1. The summed E-state index contributed by atoms with van der Waals surface area (Å²) in [4.78, 5) is 21.5. The first-order valence-corrected chi connectivity index (χ1v) is 18.6. The smallest absolute Gasteiger partial charge is 0.422 e. The second kappa shape index (κ2) is 16.6. The molecule has 0 aliphatic carbocycles. The van der Waals surface area contributed by atoms with E-state index in [-0.39, 0.29) is 16.6 Å². The molecule has 1 saturated heterocycles. The Morgan fingerprint density at radius 3 is 2.11 bits per heavy atom. The predicted octanol–water partition coefficient (Wildman–Crippen LogP) is 7.45. The van der Waals surface area contributed by atoms with Crippen molar-refractivity contribution >= 4 is 32.6 Å². The van der Waals surface area contributed by atoms with E-state index in [1.807, 2.05) is 71.1 Å². The Bertz CT molecular complexity index is 2330. The van der Waals surface area contributed by atoms with Gasteiger partial charge in [0.25, 0.3) is 16.0 Å². The summed E-state index contributed by atoms with van der Waals surface area (Å²) in [6, 6.07) is 33.2. The van der Waals surface area contributed by atoms with Crippen LogP contribution in [0.15, 0.2) is 126 Å². The number of nitrogen functional groups attached to an aromatic ring is 1. The van der Waals surface area contributed by atoms with E-state index in [4.69, 9.17) is 19.8 Å². The molecule has 7 rings (SSSR count). The van der Waals surface area contributed by atoms with Crippen LogP contribution >= 0.6 is 0 Å². The summed E-state index contributed by atoms with van der Waals surface area (Å²) in [5.74, 6) is 1.18. The molecule has 0 unspecified atom stereocenters. The predicted molar refractivity (Wildman–Crippen MR) is 203 cm³/mol. The second-order valence-corrected chi connectivity index (χ2v) is 14.2. The SMILES string of the molecule is Cn1c(C(=O)N2CCN(Cc3ccc(OCC(F)(F)F)cc3)CC2)cc2ccc(Oc3ccc(N)cn3)cc21.O=S(=O)(O)c1ccc(-c2ccccc2)cc1. The van der Waals surface area contributed by atoms with Crippen molar-refractivity contribution in [1.29, 1.82) is 0 Å². The summed E-state index contributed by atoms with van der Waals surface area (Å²) in [5.41, 5.74) is 10.6. The molecule has 1 aliphatic rings. The van der Waals surface area contributed by atoms with Gasteiger partial charge in [-0.05, 0) is 65.2 Å². The lowest BCUT2D eigenvalue weighted by Crippen LogP contribution is -2.48. The quantitative estimate of drug-likeness (QED) is 0.144. The molecule has 0 bridgehead atoms. The van der Waals surface area contributed by atoms with Crippen LogP contribution in [0, 0.1) is 0 Å². The number of rotatable bonds is 9. The molecule has 3 heterocycles. The van der Waals surface area contributed by atoms with Crippen LogP contribution in [-0.2, 0) is 23.7 Å². The van der Waals surface area contributed by atoms with E-state index in [1.165, 1.54) is 18.3 Å². The molecule has 15 heteroatoms. The van der Waals surface area contributed by atoms with E-state index in [9.17, 15) is 26.4 Å². The van der Waals surface area contributed by atoms with Gasteiger partial charge in [-0.3, -0.25) is 14.2 Å². The van der Waals surface area contributed by atoms with Gasteiger partial charge in [-0.25, -0.2) is 4.98 Å². The number of aromatic nitrogens is 2. The number of pyridine rings is 1. The molecule has 2 aromatic heterocycles. The maximum Gasteiger partial charge on any atom is 0.422 e. The fourth-order valence-corrected chi connectivity index (χ4v) is 6.47. The number of carbonyl (C=O) groups is 1. The molecule has 0 atom stereocenters. The molecule has 1 aliphatic heterocycles. The maximum atomic E-state index is 13.4. The van der Waals surface area contributed by atoms with Crippen molar-refractivity contribution in [2.45, 2.75) is 17.6 Å². The van der Waals surface area contributed by atoms with Crippen molar-refractivity contribution in [1.82, 2.24) is 19.4 Å². The summed E-state index contributed by atoms with van der Waals surface area (Å²) in [6.07, 6.45) is -2.84. The van der Waals surface area contributed by atoms with E-state index in [0.29, 0.717) is 55.7 Å². The summed E-state index contributed by atoms with van der Waals surface area (Å²) >= 11 is 0. The lowest BCUT2D eigenvalue weighted by Gasteiger charge is -2.34. The minimum Gasteiger partial charge on any atom is -0.484 e. The van der Waals surface area contributed by atoms with Gasteiger partial charge in [-0.15, -0.1) is 0 Å². The van der Waals surface area contributed by atoms with Gasteiger partial charge in [0.2, 0.25) is 5.88 Å². The molecule has 1 fully saturated rings. The molecule has 11 nitrogen and oxygen atoms in total. The Balaban J connectivity index is 0.000000268. The molecule has 286 valence electrons. The fourth-order valence-electron chi connectivity index (χ4n) is 5.99. The molecule has 0 saturated carbocycles. The Labute approximate surface area is 316 Å². The first-order valence-electron chi connectivity index (χ1n) is 17.1. The van der Waals surface area contributed by atoms with Crippen LogP contribution in [0.2, 0.25) is 0 Å². The molecular formula is C40H38F3N5O6S. The topological polar surface area (TPSA) is 140 Å². The number of carbonyl (C=O) groups excluding carboxylic acids is 1. The fraction of sp³-hybridized carbons (Fsp3) is 0.200. The number of hydrogen-bond acceptors (Lipinski definition) is 8. The van der Waals surface area contributed by atoms with E-state index >= 15 is 0 Å². The molecule has 55 heavy (non-hydrogen) atoms. The summed E-state index contributed by atoms with van der Waals surface area (Å²) in [7, 11) is -2.24. The van der Waals surface area contributed by atoms with Crippen LogP contribution in [0.5, 0.6) is 17.4 Å². The molecule has 3 N–H and O–H groups in total. The minimum atomic E-state index is -4.37. The Kier molecular flexibility index (Phi) is 11.7. The second-order valence-electron chi connectivity index (χ2n) is 12.8. The van der Waals surface area contributed by atoms with Crippen LogP contribution in [0.1, 0.15) is 16.1 Å². The number of alkyl halides is 3. The standard InChI is InChI=1S/C28H28F3N5O3.C12H10O3S/c1-34-24-15-23(39-26-9-5-21(32)16-33-26)8-4-20(24)14-25(34)27(37)36-12-10-35(11-13-36)17-19-2-6-22(7-3-19)38-18-28(29,30)31;13-16(14,15)12-8-6-11(7-9-12)10-4-2-1-3-5-10/h2-9,14-16H,10-13,17-18,32H2,1H3;1-9H,(H,13,14,15). The number of benzene rings is 4. The lowest BCUT2D eigenvalue weighted by molar-refractivity contribution is -0.153. The highest BCUT2D eigenvalue weighted by atomic mass is 32.2. The third-order valence-corrected chi connectivity index (χ3v) is 9.74. The number of ether oxygens (including phenoxy) is 2. The number of nitrogens with zero attached hydrogens (tertiary/aromatic N) is 4. The number of halogens is 3. The van der Waals surface area contributed by atoms with Crippen molar-refractivity contribution in [2.24, 2.45) is 7.05 Å². The van der Waals surface area contributed by atoms with Crippen molar-refractivity contribution in [3.63, 3.8) is 0 Å². The average molecular weight is 774 g/mol. The van der Waals surface area contributed by atoms with E-state index in [2.05, 4.69) is 9.88 Å². The van der Waals surface area contributed by atoms with Gasteiger partial charge in [-0.2, -0.15) is 21.6 Å². The van der Waals surface area contributed by atoms with Gasteiger partial charge < -0.3 is 24.7 Å². The average Bonchev–Trinajstić information content (AvgIpc) is 3.50. The van der Waals surface area contributed by atoms with Crippen LogP contribution in [0.4, 0.5) is 18.9 Å². The van der Waals surface area contributed by atoms with E-state index in [1.54, 1.807) is 48.5 Å². The van der Waals surface area contributed by atoms with Crippen LogP contribution in [-0.4, -0.2) is 77.2 Å². The third kappa shape index (κ3) is 10.4. The van der Waals surface area contributed by atoms with Gasteiger partial charge in [0.15, 0.2) is 6.61 Å². The normalized spacial score (nSPS) is 13.6.